The van der Waals surface area contributed by atoms with Crippen LogP contribution in [0.15, 0.2) is 53.8 Å². The average Bonchev–Trinajstić information content (AvgIpc) is 4.09. The number of aliphatic imine (C=N–C) groups is 1. The molecule has 3 aromatic rings. The topological polar surface area (TPSA) is 177 Å². The number of amides is 4. The zero-order chi connectivity index (χ0) is 42.5. The molecule has 4 aliphatic rings. The molecular weight excluding hydrogens is 767 g/mol. The van der Waals surface area contributed by atoms with Crippen LogP contribution in [0.1, 0.15) is 90.1 Å². The third-order valence-electron chi connectivity index (χ3n) is 11.9. The van der Waals surface area contributed by atoms with Crippen molar-refractivity contribution < 1.29 is 38.1 Å². The summed E-state index contributed by atoms with van der Waals surface area (Å²) < 4.78 is 22.5. The molecule has 2 aromatic carbocycles. The van der Waals surface area contributed by atoms with E-state index in [9.17, 15) is 19.2 Å². The van der Waals surface area contributed by atoms with E-state index in [2.05, 4.69) is 33.8 Å². The number of rotatable bonds is 10. The summed E-state index contributed by atoms with van der Waals surface area (Å²) in [7, 11) is 2.59. The summed E-state index contributed by atoms with van der Waals surface area (Å²) >= 11 is 0. The molecule has 0 spiro atoms. The summed E-state index contributed by atoms with van der Waals surface area (Å²) in [5.74, 6) is 1.67. The maximum absolute atomic E-state index is 13.7. The van der Waals surface area contributed by atoms with Gasteiger partial charge in [0.15, 0.2) is 0 Å². The van der Waals surface area contributed by atoms with Crippen molar-refractivity contribution in [3.8, 4) is 33.9 Å². The Bertz CT molecular complexity index is 2140. The molecular formula is C45H57N7O8. The first-order valence-corrected chi connectivity index (χ1v) is 21.1. The van der Waals surface area contributed by atoms with Crippen LogP contribution < -0.4 is 20.1 Å². The number of aromatic nitrogens is 2. The molecule has 15 heteroatoms. The Morgan fingerprint density at radius 3 is 1.85 bits per heavy atom. The highest BCUT2D eigenvalue weighted by Gasteiger charge is 2.39. The lowest BCUT2D eigenvalue weighted by Gasteiger charge is -2.31. The molecule has 3 N–H and O–H groups in total. The highest BCUT2D eigenvalue weighted by molar-refractivity contribution is 6.04. The van der Waals surface area contributed by atoms with Crippen molar-refractivity contribution >= 4 is 35.3 Å². The smallest absolute Gasteiger partial charge is 0.407 e. The first-order valence-electron chi connectivity index (χ1n) is 21.1. The van der Waals surface area contributed by atoms with E-state index in [0.717, 1.165) is 89.3 Å². The van der Waals surface area contributed by atoms with Gasteiger partial charge in [-0.1, -0.05) is 39.8 Å². The van der Waals surface area contributed by atoms with Gasteiger partial charge in [0, 0.05) is 48.1 Å². The fourth-order valence-electron chi connectivity index (χ4n) is 8.59. The number of nitrogens with one attached hydrogen (secondary N) is 3. The predicted molar refractivity (Wildman–Crippen MR) is 226 cm³/mol. The number of benzene rings is 2. The van der Waals surface area contributed by atoms with Crippen LogP contribution >= 0.6 is 0 Å². The first kappa shape index (κ1) is 42.3. The minimum absolute atomic E-state index is 0.107. The number of fused-ring (bicyclic) bond motifs is 3. The Morgan fingerprint density at radius 2 is 1.28 bits per heavy atom. The van der Waals surface area contributed by atoms with E-state index in [-0.39, 0.29) is 35.7 Å². The molecule has 0 bridgehead atoms. The maximum atomic E-state index is 13.7. The fourth-order valence-corrected chi connectivity index (χ4v) is 8.59. The fraction of sp³-hybridized carbons (Fsp3) is 0.511. The molecule has 0 saturated carbocycles. The second-order valence-electron chi connectivity index (χ2n) is 16.6. The third kappa shape index (κ3) is 8.99. The van der Waals surface area contributed by atoms with E-state index < -0.39 is 24.3 Å². The lowest BCUT2D eigenvalue weighted by molar-refractivity contribution is -0.135. The van der Waals surface area contributed by atoms with E-state index in [1.54, 1.807) is 11.1 Å². The average molecular weight is 824 g/mol. The molecule has 60 heavy (non-hydrogen) atoms. The molecule has 5 heterocycles. The highest BCUT2D eigenvalue weighted by Crippen LogP contribution is 2.42. The molecule has 7 rings (SSSR count). The molecule has 15 nitrogen and oxygen atoms in total. The van der Waals surface area contributed by atoms with Gasteiger partial charge >= 0.3 is 12.2 Å². The van der Waals surface area contributed by atoms with Crippen LogP contribution in [0.2, 0.25) is 0 Å². The van der Waals surface area contributed by atoms with Crippen molar-refractivity contribution in [2.45, 2.75) is 96.8 Å². The Labute approximate surface area is 351 Å². The van der Waals surface area contributed by atoms with Crippen molar-refractivity contribution in [3.63, 3.8) is 0 Å². The summed E-state index contributed by atoms with van der Waals surface area (Å²) in [6, 6.07) is 10.6. The van der Waals surface area contributed by atoms with E-state index >= 15 is 0 Å². The third-order valence-corrected chi connectivity index (χ3v) is 11.9. The molecule has 2 saturated heterocycles. The number of H-pyrrole nitrogens is 1. The van der Waals surface area contributed by atoms with Crippen molar-refractivity contribution in [2.24, 2.45) is 16.8 Å². The minimum atomic E-state index is -0.711. The van der Waals surface area contributed by atoms with Gasteiger partial charge in [0.2, 0.25) is 11.8 Å². The Morgan fingerprint density at radius 1 is 0.750 bits per heavy atom. The predicted octanol–water partition coefficient (Wildman–Crippen LogP) is 6.90. The van der Waals surface area contributed by atoms with Gasteiger partial charge in [-0.25, -0.2) is 14.6 Å². The number of carbonyl (C=O) groups excluding carboxylic acids is 4. The van der Waals surface area contributed by atoms with Crippen molar-refractivity contribution in [3.05, 3.63) is 60.2 Å². The number of hydrogen-bond acceptors (Lipinski definition) is 10. The van der Waals surface area contributed by atoms with Crippen LogP contribution in [-0.4, -0.2) is 108 Å². The van der Waals surface area contributed by atoms with E-state index in [1.165, 1.54) is 14.2 Å². The van der Waals surface area contributed by atoms with Crippen LogP contribution in [0.25, 0.3) is 28.0 Å². The standard InChI is InChI=1S/C45H57N7O8/c1-26(2)39(49-44(55)57-5)42(53)51-17-9-11-35(51)33-21-30(24-46-33)28-13-15-31-32-16-14-29(23-38(32)60-20-8-7-19-59-37(31)22-28)34-25-47-41(48-34)36-12-10-18-52(36)43(54)40(27(3)4)50-45(56)58-6/h13-16,22-27,35-36,39-40H,7-12,17-21H2,1-6H3,(H,47,48)(H,49,55)(H,50,56)/t35-,36-,39+,40+/m0/s1. The largest absolute Gasteiger partial charge is 0.493 e. The van der Waals surface area contributed by atoms with Crippen LogP contribution in [0.5, 0.6) is 11.5 Å². The van der Waals surface area contributed by atoms with Crippen LogP contribution in [-0.2, 0) is 19.1 Å². The van der Waals surface area contributed by atoms with Crippen LogP contribution in [0.3, 0.4) is 0 Å². The number of allylic oxidation sites excluding steroid dienone is 1. The van der Waals surface area contributed by atoms with Gasteiger partial charge in [0.25, 0.3) is 0 Å². The lowest BCUT2D eigenvalue weighted by atomic mass is 9.94. The number of carbonyl (C=O) groups is 4. The van der Waals surface area contributed by atoms with Gasteiger partial charge in [-0.3, -0.25) is 14.6 Å². The minimum Gasteiger partial charge on any atom is -0.493 e. The zero-order valence-corrected chi connectivity index (χ0v) is 35.4. The number of methoxy groups -OCH3 is 2. The van der Waals surface area contributed by atoms with Crippen LogP contribution in [0.4, 0.5) is 9.59 Å². The van der Waals surface area contributed by atoms with Crippen molar-refractivity contribution in [1.29, 1.82) is 0 Å². The molecule has 0 radical (unpaired) electrons. The second kappa shape index (κ2) is 18.6. The molecule has 4 amide bonds. The number of hydrogen-bond donors (Lipinski definition) is 3. The number of likely N-dealkylation sites (tertiary alicyclic amines) is 2. The first-order chi connectivity index (χ1) is 29.0. The van der Waals surface area contributed by atoms with Gasteiger partial charge in [-0.05, 0) is 85.8 Å². The highest BCUT2D eigenvalue weighted by atomic mass is 16.5. The van der Waals surface area contributed by atoms with Gasteiger partial charge in [0.05, 0.1) is 51.4 Å². The molecule has 4 atom stereocenters. The SMILES string of the molecule is COC(=O)N[C@@H](C(=O)N1CCC[C@H]1C1=NC=C(c2ccc3c(c2)OCCCCOc2cc(-c4cnc([C@@H]5CCCN5C(=O)[C@H](NC(=O)OC)C(C)C)[nH]4)ccc2-3)C1)C(C)C. The molecule has 4 aliphatic heterocycles. The van der Waals surface area contributed by atoms with Gasteiger partial charge in [-0.2, -0.15) is 0 Å². The van der Waals surface area contributed by atoms with E-state index in [0.29, 0.717) is 38.5 Å². The lowest BCUT2D eigenvalue weighted by Crippen LogP contribution is -2.53. The second-order valence-corrected chi connectivity index (χ2v) is 16.6. The zero-order valence-electron chi connectivity index (χ0n) is 35.4. The summed E-state index contributed by atoms with van der Waals surface area (Å²) in [5, 5.41) is 5.43. The van der Waals surface area contributed by atoms with Gasteiger partial charge < -0.3 is 44.4 Å². The Kier molecular flexibility index (Phi) is 13.1. The Balaban J connectivity index is 1.08. The molecule has 2 fully saturated rings. The number of aromatic amines is 1. The van der Waals surface area contributed by atoms with Crippen LogP contribution in [0, 0.1) is 11.8 Å². The maximum Gasteiger partial charge on any atom is 0.407 e. The summed E-state index contributed by atoms with van der Waals surface area (Å²) in [6.07, 6.45) is 7.96. The summed E-state index contributed by atoms with van der Waals surface area (Å²) in [4.78, 5) is 68.3. The number of ether oxygens (including phenoxy) is 4. The van der Waals surface area contributed by atoms with Gasteiger partial charge in [0.1, 0.15) is 29.4 Å². The number of nitrogens with zero attached hydrogens (tertiary/aromatic N) is 4. The monoisotopic (exact) mass is 823 g/mol. The van der Waals surface area contributed by atoms with Crippen molar-refractivity contribution in [1.82, 2.24) is 30.4 Å². The number of alkyl carbamates (subject to hydrolysis) is 2. The molecule has 0 unspecified atom stereocenters. The summed E-state index contributed by atoms with van der Waals surface area (Å²) in [6.45, 7) is 9.90. The Hall–Kier alpha value is -5.86. The number of imidazole rings is 1. The molecule has 320 valence electrons. The van der Waals surface area contributed by atoms with Crippen molar-refractivity contribution in [2.75, 3.05) is 40.5 Å². The molecule has 0 aliphatic carbocycles. The quantitative estimate of drug-likeness (QED) is 0.196. The molecule has 1 aromatic heterocycles. The van der Waals surface area contributed by atoms with E-state index in [1.807, 2.05) is 57.0 Å². The van der Waals surface area contributed by atoms with E-state index in [4.69, 9.17) is 28.9 Å². The van der Waals surface area contributed by atoms with Gasteiger partial charge in [-0.15, -0.1) is 0 Å². The normalized spacial score (nSPS) is 19.9. The summed E-state index contributed by atoms with van der Waals surface area (Å²) in [5.41, 5.74) is 6.50.